The summed E-state index contributed by atoms with van der Waals surface area (Å²) < 4.78 is 5.03. The van der Waals surface area contributed by atoms with Gasteiger partial charge in [-0.05, 0) is 30.7 Å². The van der Waals surface area contributed by atoms with E-state index in [-0.39, 0.29) is 11.7 Å². The lowest BCUT2D eigenvalue weighted by Gasteiger charge is -2.03. The molecule has 0 spiro atoms. The molecule has 0 saturated carbocycles. The van der Waals surface area contributed by atoms with Gasteiger partial charge in [0.1, 0.15) is 5.69 Å². The summed E-state index contributed by atoms with van der Waals surface area (Å²) in [6.07, 6.45) is 1.46. The van der Waals surface area contributed by atoms with Gasteiger partial charge in [0.25, 0.3) is 5.91 Å². The van der Waals surface area contributed by atoms with E-state index in [9.17, 15) is 9.90 Å². The zero-order valence-electron chi connectivity index (χ0n) is 14.4. The molecule has 3 N–H and O–H groups in total. The first-order chi connectivity index (χ1) is 12.6. The van der Waals surface area contributed by atoms with Crippen LogP contribution in [0.1, 0.15) is 21.6 Å². The highest BCUT2D eigenvalue weighted by atomic mass is 16.5. The number of benzene rings is 2. The van der Waals surface area contributed by atoms with E-state index in [4.69, 9.17) is 4.74 Å². The highest BCUT2D eigenvalue weighted by Crippen LogP contribution is 2.25. The minimum Gasteiger partial charge on any atom is -0.504 e. The molecular formula is C19H18N4O3. The molecule has 1 heterocycles. The van der Waals surface area contributed by atoms with Crippen molar-refractivity contribution in [2.45, 2.75) is 6.92 Å². The Balaban J connectivity index is 1.72. The highest BCUT2D eigenvalue weighted by molar-refractivity contribution is 5.96. The summed E-state index contributed by atoms with van der Waals surface area (Å²) in [6.45, 7) is 1.83. The fourth-order valence-electron chi connectivity index (χ4n) is 2.49. The molecule has 0 aliphatic rings. The van der Waals surface area contributed by atoms with Gasteiger partial charge >= 0.3 is 0 Å². The molecule has 0 radical (unpaired) electrons. The topological polar surface area (TPSA) is 99.6 Å². The molecule has 0 bridgehead atoms. The number of hydrogen-bond acceptors (Lipinski definition) is 5. The number of ether oxygens (including phenoxy) is 1. The van der Waals surface area contributed by atoms with E-state index in [2.05, 4.69) is 20.7 Å². The normalized spacial score (nSPS) is 10.8. The third-order valence-electron chi connectivity index (χ3n) is 3.87. The Bertz CT molecular complexity index is 949. The molecule has 26 heavy (non-hydrogen) atoms. The largest absolute Gasteiger partial charge is 0.504 e. The van der Waals surface area contributed by atoms with E-state index in [1.807, 2.05) is 37.3 Å². The third-order valence-corrected chi connectivity index (χ3v) is 3.87. The molecule has 3 aromatic rings. The molecule has 0 unspecified atom stereocenters. The quantitative estimate of drug-likeness (QED) is 0.487. The van der Waals surface area contributed by atoms with Crippen LogP contribution in [0, 0.1) is 6.92 Å². The zero-order chi connectivity index (χ0) is 18.5. The van der Waals surface area contributed by atoms with Crippen LogP contribution in [-0.4, -0.2) is 34.5 Å². The van der Waals surface area contributed by atoms with Crippen molar-refractivity contribution in [3.8, 4) is 22.8 Å². The van der Waals surface area contributed by atoms with Gasteiger partial charge in [-0.2, -0.15) is 10.2 Å². The molecule has 0 aliphatic carbocycles. The number of aromatic amines is 1. The number of phenols is 1. The van der Waals surface area contributed by atoms with Crippen molar-refractivity contribution in [2.75, 3.05) is 7.11 Å². The Morgan fingerprint density at radius 3 is 2.77 bits per heavy atom. The van der Waals surface area contributed by atoms with Crippen LogP contribution in [0.4, 0.5) is 0 Å². The van der Waals surface area contributed by atoms with E-state index >= 15 is 0 Å². The number of H-pyrrole nitrogens is 1. The van der Waals surface area contributed by atoms with Crippen LogP contribution in [0.25, 0.3) is 11.3 Å². The first-order valence-corrected chi connectivity index (χ1v) is 7.91. The lowest BCUT2D eigenvalue weighted by atomic mass is 10.1. The van der Waals surface area contributed by atoms with Gasteiger partial charge in [0.2, 0.25) is 0 Å². The maximum atomic E-state index is 12.3. The SMILES string of the molecule is COc1cc(/C=N\NC(=O)c2[nH]nc(-c3ccccc3)c2C)ccc1O. The van der Waals surface area contributed by atoms with Crippen molar-refractivity contribution in [1.82, 2.24) is 15.6 Å². The lowest BCUT2D eigenvalue weighted by Crippen LogP contribution is -2.19. The maximum absolute atomic E-state index is 12.3. The van der Waals surface area contributed by atoms with Crippen molar-refractivity contribution in [3.63, 3.8) is 0 Å². The van der Waals surface area contributed by atoms with Gasteiger partial charge in [0.05, 0.1) is 19.0 Å². The second-order valence-corrected chi connectivity index (χ2v) is 5.57. The predicted molar refractivity (Wildman–Crippen MR) is 98.5 cm³/mol. The standard InChI is InChI=1S/C19H18N4O3/c1-12-17(14-6-4-3-5-7-14)21-22-18(12)19(25)23-20-11-13-8-9-15(24)16(10-13)26-2/h3-11,24H,1-2H3,(H,21,22)(H,23,25)/b20-11-. The number of hydrogen-bond donors (Lipinski definition) is 3. The Morgan fingerprint density at radius 2 is 2.04 bits per heavy atom. The molecular weight excluding hydrogens is 332 g/mol. The average Bonchev–Trinajstić information content (AvgIpc) is 3.05. The number of nitrogens with one attached hydrogen (secondary N) is 2. The molecule has 3 rings (SSSR count). The second kappa shape index (κ2) is 7.52. The van der Waals surface area contributed by atoms with Crippen LogP contribution in [0.5, 0.6) is 11.5 Å². The minimum atomic E-state index is -0.390. The number of rotatable bonds is 5. The molecule has 1 aromatic heterocycles. The average molecular weight is 350 g/mol. The van der Waals surface area contributed by atoms with Gasteiger partial charge in [0.15, 0.2) is 11.5 Å². The van der Waals surface area contributed by atoms with Crippen LogP contribution in [0.2, 0.25) is 0 Å². The summed E-state index contributed by atoms with van der Waals surface area (Å²) in [5.74, 6) is -0.0217. The van der Waals surface area contributed by atoms with E-state index < -0.39 is 0 Å². The van der Waals surface area contributed by atoms with Crippen molar-refractivity contribution in [3.05, 3.63) is 65.4 Å². The number of methoxy groups -OCH3 is 1. The van der Waals surface area contributed by atoms with Crippen LogP contribution >= 0.6 is 0 Å². The van der Waals surface area contributed by atoms with E-state index in [0.717, 1.165) is 16.8 Å². The molecule has 0 fully saturated rings. The smallest absolute Gasteiger partial charge is 0.289 e. The molecule has 0 aliphatic heterocycles. The van der Waals surface area contributed by atoms with E-state index in [0.29, 0.717) is 17.0 Å². The van der Waals surface area contributed by atoms with Crippen molar-refractivity contribution < 1.29 is 14.6 Å². The number of aromatic hydroxyl groups is 1. The monoisotopic (exact) mass is 350 g/mol. The number of carbonyl (C=O) groups is 1. The van der Waals surface area contributed by atoms with E-state index in [1.165, 1.54) is 19.4 Å². The fourth-order valence-corrected chi connectivity index (χ4v) is 2.49. The third kappa shape index (κ3) is 3.56. The van der Waals surface area contributed by atoms with Crippen LogP contribution in [0.15, 0.2) is 53.6 Å². The summed E-state index contributed by atoms with van der Waals surface area (Å²) in [4.78, 5) is 12.3. The van der Waals surface area contributed by atoms with Crippen LogP contribution in [0.3, 0.4) is 0 Å². The fraction of sp³-hybridized carbons (Fsp3) is 0.105. The molecule has 0 saturated heterocycles. The Kier molecular flexibility index (Phi) is 4.98. The predicted octanol–water partition coefficient (Wildman–Crippen LogP) is 2.86. The summed E-state index contributed by atoms with van der Waals surface area (Å²) in [7, 11) is 1.46. The molecule has 7 heteroatoms. The number of carbonyl (C=O) groups excluding carboxylic acids is 1. The number of aromatic nitrogens is 2. The van der Waals surface area contributed by atoms with Gasteiger partial charge in [0, 0.05) is 11.1 Å². The van der Waals surface area contributed by atoms with Crippen LogP contribution in [-0.2, 0) is 0 Å². The molecule has 2 aromatic carbocycles. The van der Waals surface area contributed by atoms with Gasteiger partial charge in [-0.15, -0.1) is 0 Å². The minimum absolute atomic E-state index is 0.0372. The highest BCUT2D eigenvalue weighted by Gasteiger charge is 2.16. The number of amides is 1. The number of nitrogens with zero attached hydrogens (tertiary/aromatic N) is 2. The van der Waals surface area contributed by atoms with Crippen molar-refractivity contribution in [1.29, 1.82) is 0 Å². The Morgan fingerprint density at radius 1 is 1.27 bits per heavy atom. The van der Waals surface area contributed by atoms with Gasteiger partial charge < -0.3 is 9.84 Å². The molecule has 0 atom stereocenters. The number of phenolic OH excluding ortho intramolecular Hbond substituents is 1. The number of hydrazone groups is 1. The second-order valence-electron chi connectivity index (χ2n) is 5.57. The summed E-state index contributed by atoms with van der Waals surface area (Å²) in [6, 6.07) is 14.4. The first kappa shape index (κ1) is 17.2. The maximum Gasteiger partial charge on any atom is 0.289 e. The first-order valence-electron chi connectivity index (χ1n) is 7.91. The van der Waals surface area contributed by atoms with Crippen LogP contribution < -0.4 is 10.2 Å². The zero-order valence-corrected chi connectivity index (χ0v) is 14.4. The van der Waals surface area contributed by atoms with Gasteiger partial charge in [-0.1, -0.05) is 30.3 Å². The van der Waals surface area contributed by atoms with E-state index in [1.54, 1.807) is 12.1 Å². The van der Waals surface area contributed by atoms with Gasteiger partial charge in [-0.3, -0.25) is 9.89 Å². The summed E-state index contributed by atoms with van der Waals surface area (Å²) >= 11 is 0. The Labute approximate surface area is 150 Å². The van der Waals surface area contributed by atoms with Gasteiger partial charge in [-0.25, -0.2) is 5.43 Å². The summed E-state index contributed by atoms with van der Waals surface area (Å²) in [5.41, 5.74) is 5.89. The summed E-state index contributed by atoms with van der Waals surface area (Å²) in [5, 5.41) is 20.5. The molecule has 7 nitrogen and oxygen atoms in total. The van der Waals surface area contributed by atoms with Crippen molar-refractivity contribution >= 4 is 12.1 Å². The lowest BCUT2D eigenvalue weighted by molar-refractivity contribution is 0.0949. The Hall–Kier alpha value is -3.61. The molecule has 132 valence electrons. The molecule has 1 amide bonds. The van der Waals surface area contributed by atoms with Crippen molar-refractivity contribution in [2.24, 2.45) is 5.10 Å².